The number of hydrogen-bond acceptors (Lipinski definition) is 3. The van der Waals surface area contributed by atoms with Crippen molar-refractivity contribution in [1.82, 2.24) is 0 Å². The summed E-state index contributed by atoms with van der Waals surface area (Å²) in [5.41, 5.74) is 0. The molecular weight excluding hydrogens is 425 g/mol. The molecule has 2 N–H and O–H groups in total. The molecule has 0 amide bonds. The van der Waals surface area contributed by atoms with Crippen molar-refractivity contribution in [3.63, 3.8) is 0 Å². The quantitative estimate of drug-likeness (QED) is 0.381. The average Bonchev–Trinajstić information content (AvgIpc) is 1.86. The third kappa shape index (κ3) is 66.7. The summed E-state index contributed by atoms with van der Waals surface area (Å²) in [5.74, 6) is 0. The molecule has 0 saturated carbocycles. The van der Waals surface area contributed by atoms with Crippen molar-refractivity contribution in [2.45, 2.75) is 13.8 Å². The molecule has 0 heterocycles. The zero-order chi connectivity index (χ0) is 7.54. The molecule has 0 fully saturated rings. The van der Waals surface area contributed by atoms with Crippen molar-refractivity contribution < 1.29 is 56.0 Å². The maximum absolute atomic E-state index is 8.07. The normalized spacial score (nSPS) is 6.00. The van der Waals surface area contributed by atoms with E-state index < -0.39 is 0 Å². The average molecular weight is 447 g/mol. The summed E-state index contributed by atoms with van der Waals surface area (Å²) >= 11 is 0. The Morgan fingerprint density at radius 1 is 1.25 bits per heavy atom. The zero-order valence-electron chi connectivity index (χ0n) is 7.82. The van der Waals surface area contributed by atoms with Gasteiger partial charge in [-0.25, -0.2) is 0 Å². The second-order valence-corrected chi connectivity index (χ2v) is 1.24. The Hall–Kier alpha value is 1.15. The second kappa shape index (κ2) is 39.9. The maximum atomic E-state index is 8.07. The van der Waals surface area contributed by atoms with Crippen molar-refractivity contribution in [2.75, 3.05) is 26.4 Å². The molecule has 5 heteroatoms. The van der Waals surface area contributed by atoms with Crippen LogP contribution in [0.15, 0.2) is 0 Å². The van der Waals surface area contributed by atoms with E-state index >= 15 is 0 Å². The number of ether oxygens (including phenoxy) is 1. The first-order valence-corrected chi connectivity index (χ1v) is 3.12. The predicted molar refractivity (Wildman–Crippen MR) is 44.9 cm³/mol. The van der Waals surface area contributed by atoms with E-state index in [2.05, 4.69) is 0 Å². The van der Waals surface area contributed by atoms with Gasteiger partial charge >= 0.3 is 19.5 Å². The fraction of sp³-hybridized carbons (Fsp3) is 0.857. The minimum absolute atomic E-state index is 0. The van der Waals surface area contributed by atoms with Gasteiger partial charge in [-0.05, 0) is 13.8 Å². The van der Waals surface area contributed by atoms with Gasteiger partial charge in [0.25, 0.3) is 0 Å². The number of aliphatic hydroxyl groups excluding tert-OH is 2. The molecule has 84 valence electrons. The third-order valence-electron chi connectivity index (χ3n) is 0.440. The molecule has 0 aromatic heterocycles. The minimum Gasteiger partial charge on any atom is -0.397 e. The predicted octanol–water partition coefficient (Wildman–Crippen LogP) is 0.705. The monoisotopic (exact) mass is 448 g/mol. The van der Waals surface area contributed by atoms with Gasteiger partial charge in [-0.1, -0.05) is 0 Å². The summed E-state index contributed by atoms with van der Waals surface area (Å²) in [6.45, 7) is 5.13. The fourth-order valence-corrected chi connectivity index (χ4v) is 0.209. The molecule has 0 aliphatic heterocycles. The van der Waals surface area contributed by atoms with Crippen LogP contribution < -0.4 is 0 Å². The van der Waals surface area contributed by atoms with Gasteiger partial charge in [0.1, 0.15) is 0 Å². The Balaban J connectivity index is -0.0000000160. The standard InChI is InChI=1S/C4H10O2.C2H6O.CH3.Ir.Ru.H2/c1-2-6-4-3-5;1-2-3;;;;/h5H,2-4H2,1H3;3H,2H2,1H3;1H3;;;1H/q;;-1;;+1;. The molecule has 0 bridgehead atoms. The first-order chi connectivity index (χ1) is 4.33. The van der Waals surface area contributed by atoms with Crippen LogP contribution in [-0.2, 0) is 44.3 Å². The molecule has 0 aliphatic carbocycles. The van der Waals surface area contributed by atoms with Gasteiger partial charge in [0.2, 0.25) is 0 Å². The van der Waals surface area contributed by atoms with E-state index in [9.17, 15) is 0 Å². The van der Waals surface area contributed by atoms with Crippen molar-refractivity contribution >= 4 is 0 Å². The van der Waals surface area contributed by atoms with E-state index in [1.54, 1.807) is 6.92 Å². The first-order valence-electron chi connectivity index (χ1n) is 3.12. The summed E-state index contributed by atoms with van der Waals surface area (Å²) in [5, 5.41) is 15.6. The van der Waals surface area contributed by atoms with Gasteiger partial charge < -0.3 is 22.4 Å². The summed E-state index contributed by atoms with van der Waals surface area (Å²) in [6.07, 6.45) is 0. The van der Waals surface area contributed by atoms with Crippen LogP contribution in [0.4, 0.5) is 0 Å². The summed E-state index contributed by atoms with van der Waals surface area (Å²) in [4.78, 5) is 0. The van der Waals surface area contributed by atoms with Gasteiger partial charge in [0, 0.05) is 34.7 Å². The Morgan fingerprint density at radius 3 is 1.67 bits per heavy atom. The molecule has 2 radical (unpaired) electrons. The zero-order valence-corrected chi connectivity index (χ0v) is 12.0. The number of hydrogen-bond donors (Lipinski definition) is 2. The largest absolute Gasteiger partial charge is 1.00 e. The van der Waals surface area contributed by atoms with E-state index in [0.717, 1.165) is 0 Å². The van der Waals surface area contributed by atoms with Crippen LogP contribution >= 0.6 is 0 Å². The van der Waals surface area contributed by atoms with Crippen LogP contribution in [0.2, 0.25) is 0 Å². The van der Waals surface area contributed by atoms with Crippen LogP contribution in [-0.4, -0.2) is 36.6 Å². The SMILES string of the molecule is CCO.CCOCCO.[CH3-].[HH].[Ir].[Ru+]. The van der Waals surface area contributed by atoms with Crippen molar-refractivity contribution in [1.29, 1.82) is 0 Å². The Labute approximate surface area is 103 Å². The molecule has 0 unspecified atom stereocenters. The molecule has 0 rings (SSSR count). The molecule has 12 heavy (non-hydrogen) atoms. The van der Waals surface area contributed by atoms with Crippen LogP contribution in [0.1, 0.15) is 15.3 Å². The summed E-state index contributed by atoms with van der Waals surface area (Å²) < 4.78 is 4.73. The van der Waals surface area contributed by atoms with Crippen LogP contribution in [0.3, 0.4) is 0 Å². The van der Waals surface area contributed by atoms with Crippen LogP contribution in [0.25, 0.3) is 0 Å². The Kier molecular flexibility index (Phi) is 97.2. The van der Waals surface area contributed by atoms with E-state index in [-0.39, 0.29) is 61.7 Å². The molecule has 3 nitrogen and oxygen atoms in total. The van der Waals surface area contributed by atoms with Gasteiger partial charge in [-0.2, -0.15) is 0 Å². The smallest absolute Gasteiger partial charge is 0.397 e. The number of rotatable bonds is 3. The first kappa shape index (κ1) is 29.2. The van der Waals surface area contributed by atoms with E-state index in [1.807, 2.05) is 6.92 Å². The maximum Gasteiger partial charge on any atom is 1.00 e. The van der Waals surface area contributed by atoms with E-state index in [0.29, 0.717) is 13.2 Å². The van der Waals surface area contributed by atoms with Crippen molar-refractivity contribution in [3.05, 3.63) is 7.43 Å². The third-order valence-corrected chi connectivity index (χ3v) is 0.440. The summed E-state index contributed by atoms with van der Waals surface area (Å²) in [7, 11) is 0. The molecular formula is C7H21IrO3Ru. The van der Waals surface area contributed by atoms with Gasteiger partial charge in [-0.15, -0.1) is 0 Å². The topological polar surface area (TPSA) is 49.7 Å². The molecule has 0 saturated heterocycles. The minimum atomic E-state index is 0. The molecule has 0 spiro atoms. The Bertz CT molecular complexity index is 42.9. The van der Waals surface area contributed by atoms with Gasteiger partial charge in [0.15, 0.2) is 0 Å². The Morgan fingerprint density at radius 2 is 1.58 bits per heavy atom. The van der Waals surface area contributed by atoms with E-state index in [1.165, 1.54) is 0 Å². The summed E-state index contributed by atoms with van der Waals surface area (Å²) in [6, 6.07) is 0. The van der Waals surface area contributed by atoms with Gasteiger partial charge in [-0.3, -0.25) is 0 Å². The van der Waals surface area contributed by atoms with Crippen LogP contribution in [0.5, 0.6) is 0 Å². The second-order valence-electron chi connectivity index (χ2n) is 1.24. The van der Waals surface area contributed by atoms with Gasteiger partial charge in [0.05, 0.1) is 13.2 Å². The molecule has 0 aromatic rings. The molecule has 0 aromatic carbocycles. The number of aliphatic hydroxyl groups is 2. The fourth-order valence-electron chi connectivity index (χ4n) is 0.209. The van der Waals surface area contributed by atoms with E-state index in [4.69, 9.17) is 14.9 Å². The van der Waals surface area contributed by atoms with Crippen molar-refractivity contribution in [2.24, 2.45) is 0 Å². The molecule has 0 aliphatic rings. The van der Waals surface area contributed by atoms with Crippen molar-refractivity contribution in [3.8, 4) is 0 Å². The van der Waals surface area contributed by atoms with Crippen LogP contribution in [0, 0.1) is 7.43 Å². The molecule has 0 atom stereocenters.